The summed E-state index contributed by atoms with van der Waals surface area (Å²) in [6.07, 6.45) is 0.725. The van der Waals surface area contributed by atoms with Crippen LogP contribution in [0.3, 0.4) is 0 Å². The molecule has 0 aliphatic rings. The van der Waals surface area contributed by atoms with Gasteiger partial charge in [0.1, 0.15) is 11.6 Å². The summed E-state index contributed by atoms with van der Waals surface area (Å²) in [5.74, 6) is 0.423. The van der Waals surface area contributed by atoms with Gasteiger partial charge in [0.05, 0.1) is 24.2 Å². The molecule has 3 aromatic rings. The first-order valence-electron chi connectivity index (χ1n) is 8.47. The van der Waals surface area contributed by atoms with Gasteiger partial charge in [-0.3, -0.25) is 4.79 Å². The van der Waals surface area contributed by atoms with E-state index in [0.29, 0.717) is 28.0 Å². The summed E-state index contributed by atoms with van der Waals surface area (Å²) in [6, 6.07) is 12.4. The van der Waals surface area contributed by atoms with Gasteiger partial charge in [-0.15, -0.1) is 0 Å². The molecule has 28 heavy (non-hydrogen) atoms. The zero-order valence-corrected chi connectivity index (χ0v) is 17.1. The van der Waals surface area contributed by atoms with E-state index in [1.807, 2.05) is 12.1 Å². The lowest BCUT2D eigenvalue weighted by atomic mass is 10.2. The van der Waals surface area contributed by atoms with Crippen molar-refractivity contribution in [3.05, 3.63) is 68.7 Å². The summed E-state index contributed by atoms with van der Waals surface area (Å²) in [4.78, 5) is 28.9. The number of methoxy groups -OCH3 is 1. The van der Waals surface area contributed by atoms with Crippen LogP contribution >= 0.6 is 15.9 Å². The Labute approximate surface area is 169 Å². The number of aromatic nitrogens is 2. The number of fused-ring (bicyclic) bond motifs is 1. The molecule has 0 saturated carbocycles. The van der Waals surface area contributed by atoms with Gasteiger partial charge in [0.2, 0.25) is 0 Å². The minimum absolute atomic E-state index is 0.277. The van der Waals surface area contributed by atoms with E-state index in [4.69, 9.17) is 4.74 Å². The van der Waals surface area contributed by atoms with E-state index in [1.165, 1.54) is 18.0 Å². The van der Waals surface area contributed by atoms with Gasteiger partial charge in [-0.2, -0.15) is 9.78 Å². The van der Waals surface area contributed by atoms with Crippen LogP contribution in [0.1, 0.15) is 18.3 Å². The molecule has 0 amide bonds. The molecule has 1 atom stereocenters. The number of ether oxygens (including phenoxy) is 2. The Bertz CT molecular complexity index is 1120. The number of esters is 1. The summed E-state index contributed by atoms with van der Waals surface area (Å²) >= 11 is 3.37. The van der Waals surface area contributed by atoms with Gasteiger partial charge in [-0.05, 0) is 44.2 Å². The molecule has 0 aliphatic heterocycles. The van der Waals surface area contributed by atoms with Crippen molar-refractivity contribution in [3.8, 4) is 5.75 Å². The van der Waals surface area contributed by atoms with Crippen LogP contribution in [-0.4, -0.2) is 35.1 Å². The second-order valence-electron chi connectivity index (χ2n) is 6.00. The van der Waals surface area contributed by atoms with Crippen molar-refractivity contribution >= 4 is 39.0 Å². The highest BCUT2D eigenvalue weighted by molar-refractivity contribution is 9.10. The van der Waals surface area contributed by atoms with Crippen LogP contribution in [0.15, 0.2) is 56.8 Å². The van der Waals surface area contributed by atoms with E-state index < -0.39 is 12.1 Å². The number of carbonyl (C=O) groups excluding carboxylic acids is 1. The van der Waals surface area contributed by atoms with Crippen LogP contribution in [0.25, 0.3) is 10.9 Å². The van der Waals surface area contributed by atoms with Gasteiger partial charge in [-0.1, -0.05) is 28.1 Å². The Morgan fingerprint density at radius 2 is 2.04 bits per heavy atom. The number of hydrogen-bond acceptors (Lipinski definition) is 6. The number of hydrogen-bond donors (Lipinski definition) is 0. The predicted molar refractivity (Wildman–Crippen MR) is 110 cm³/mol. The lowest BCUT2D eigenvalue weighted by Gasteiger charge is -2.14. The lowest BCUT2D eigenvalue weighted by molar-refractivity contribution is -0.147. The molecule has 2 aromatic carbocycles. The second kappa shape index (κ2) is 8.35. The van der Waals surface area contributed by atoms with Crippen LogP contribution in [0.4, 0.5) is 0 Å². The highest BCUT2D eigenvalue weighted by Gasteiger charge is 2.16. The fourth-order valence-electron chi connectivity index (χ4n) is 2.61. The fraction of sp³-hybridized carbons (Fsp3) is 0.200. The summed E-state index contributed by atoms with van der Waals surface area (Å²) in [5.41, 5.74) is 0.938. The largest absolute Gasteiger partial charge is 0.478 e. The van der Waals surface area contributed by atoms with Crippen molar-refractivity contribution in [1.82, 2.24) is 9.66 Å². The van der Waals surface area contributed by atoms with Crippen LogP contribution < -0.4 is 10.3 Å². The van der Waals surface area contributed by atoms with Crippen LogP contribution in [0.5, 0.6) is 5.75 Å². The average molecular weight is 444 g/mol. The number of para-hydroxylation sites is 1. The first-order chi connectivity index (χ1) is 13.4. The summed E-state index contributed by atoms with van der Waals surface area (Å²) < 4.78 is 12.4. The van der Waals surface area contributed by atoms with Crippen molar-refractivity contribution in [3.63, 3.8) is 0 Å². The molecule has 7 nitrogen and oxygen atoms in total. The SMILES string of the molecule is COC(=O)[C@H](C)Oc1ccccc1C=Nn1c(C)nc2ccc(Br)cc2c1=O. The molecular formula is C20H18BrN3O4. The monoisotopic (exact) mass is 443 g/mol. The normalized spacial score (nSPS) is 12.3. The zero-order valence-electron chi connectivity index (χ0n) is 15.5. The number of aryl methyl sites for hydroxylation is 1. The third kappa shape index (κ3) is 4.12. The van der Waals surface area contributed by atoms with E-state index in [1.54, 1.807) is 44.2 Å². The summed E-state index contributed by atoms with van der Waals surface area (Å²) in [7, 11) is 1.30. The molecule has 0 saturated heterocycles. The van der Waals surface area contributed by atoms with E-state index in [-0.39, 0.29) is 5.56 Å². The Balaban J connectivity index is 1.99. The number of halogens is 1. The molecular weight excluding hydrogens is 426 g/mol. The molecule has 0 unspecified atom stereocenters. The third-order valence-electron chi connectivity index (χ3n) is 4.04. The van der Waals surface area contributed by atoms with E-state index in [0.717, 1.165) is 4.47 Å². The standard InChI is InChI=1S/C20H18BrN3O4/c1-12(20(26)27-3)28-18-7-5-4-6-14(18)11-22-24-13(2)23-17-9-8-15(21)10-16(17)19(24)25/h4-12H,1-3H3/t12-/m0/s1. The maximum atomic E-state index is 12.8. The van der Waals surface area contributed by atoms with Gasteiger partial charge < -0.3 is 9.47 Å². The maximum Gasteiger partial charge on any atom is 0.346 e. The second-order valence-corrected chi connectivity index (χ2v) is 6.92. The highest BCUT2D eigenvalue weighted by atomic mass is 79.9. The van der Waals surface area contributed by atoms with Crippen LogP contribution in [0, 0.1) is 6.92 Å². The lowest BCUT2D eigenvalue weighted by Crippen LogP contribution is -2.25. The van der Waals surface area contributed by atoms with Gasteiger partial charge in [0.15, 0.2) is 6.10 Å². The molecule has 0 bridgehead atoms. The topological polar surface area (TPSA) is 82.8 Å². The molecule has 0 aliphatic carbocycles. The van der Waals surface area contributed by atoms with E-state index >= 15 is 0 Å². The molecule has 0 N–H and O–H groups in total. The minimum atomic E-state index is -0.774. The first-order valence-corrected chi connectivity index (χ1v) is 9.27. The van der Waals surface area contributed by atoms with E-state index in [2.05, 4.69) is 30.8 Å². The van der Waals surface area contributed by atoms with Gasteiger partial charge in [0, 0.05) is 10.0 Å². The molecule has 3 rings (SSSR count). The Morgan fingerprint density at radius 3 is 2.79 bits per heavy atom. The molecule has 8 heteroatoms. The minimum Gasteiger partial charge on any atom is -0.478 e. The number of carbonyl (C=O) groups is 1. The average Bonchev–Trinajstić information content (AvgIpc) is 2.69. The quantitative estimate of drug-likeness (QED) is 0.446. The van der Waals surface area contributed by atoms with Crippen molar-refractivity contribution in [2.24, 2.45) is 5.10 Å². The maximum absolute atomic E-state index is 12.8. The number of rotatable bonds is 5. The summed E-state index contributed by atoms with van der Waals surface area (Å²) in [5, 5.41) is 4.75. The molecule has 1 aromatic heterocycles. The first kappa shape index (κ1) is 19.8. The Kier molecular flexibility index (Phi) is 5.89. The number of benzene rings is 2. The zero-order chi connectivity index (χ0) is 20.3. The van der Waals surface area contributed by atoms with E-state index in [9.17, 15) is 9.59 Å². The van der Waals surface area contributed by atoms with Crippen molar-refractivity contribution in [2.45, 2.75) is 20.0 Å². The molecule has 0 spiro atoms. The third-order valence-corrected chi connectivity index (χ3v) is 4.53. The number of nitrogens with zero attached hydrogens (tertiary/aromatic N) is 3. The molecule has 0 radical (unpaired) electrons. The smallest absolute Gasteiger partial charge is 0.346 e. The van der Waals surface area contributed by atoms with Crippen molar-refractivity contribution in [1.29, 1.82) is 0 Å². The van der Waals surface area contributed by atoms with Crippen molar-refractivity contribution < 1.29 is 14.3 Å². The molecule has 1 heterocycles. The Hall–Kier alpha value is -3.00. The van der Waals surface area contributed by atoms with Gasteiger partial charge in [-0.25, -0.2) is 9.78 Å². The molecule has 144 valence electrons. The Morgan fingerprint density at radius 1 is 1.29 bits per heavy atom. The van der Waals surface area contributed by atoms with Gasteiger partial charge in [0.25, 0.3) is 5.56 Å². The van der Waals surface area contributed by atoms with Crippen molar-refractivity contribution in [2.75, 3.05) is 7.11 Å². The highest BCUT2D eigenvalue weighted by Crippen LogP contribution is 2.19. The fourth-order valence-corrected chi connectivity index (χ4v) is 2.98. The van der Waals surface area contributed by atoms with Crippen LogP contribution in [0.2, 0.25) is 0 Å². The molecule has 0 fully saturated rings. The van der Waals surface area contributed by atoms with Gasteiger partial charge >= 0.3 is 5.97 Å². The summed E-state index contributed by atoms with van der Waals surface area (Å²) in [6.45, 7) is 3.31. The predicted octanol–water partition coefficient (Wildman–Crippen LogP) is 3.29. The van der Waals surface area contributed by atoms with Crippen LogP contribution in [-0.2, 0) is 9.53 Å².